The molecule has 0 atom stereocenters. The molecule has 0 aliphatic carbocycles. The molecule has 0 unspecified atom stereocenters. The lowest BCUT2D eigenvalue weighted by molar-refractivity contribution is 0.208. The SMILES string of the molecule is O=C(Nc1ccccc1F)N1CCN(c2ccc(-c3ccc(Cl)cc3)nn2)CC1. The van der Waals surface area contributed by atoms with Crippen molar-refractivity contribution in [2.75, 3.05) is 36.4 Å². The third-order valence-corrected chi connectivity index (χ3v) is 5.05. The Balaban J connectivity index is 1.35. The maximum absolute atomic E-state index is 13.7. The van der Waals surface area contributed by atoms with Gasteiger partial charge in [-0.3, -0.25) is 0 Å². The van der Waals surface area contributed by atoms with Crippen molar-refractivity contribution in [3.05, 3.63) is 71.5 Å². The summed E-state index contributed by atoms with van der Waals surface area (Å²) in [4.78, 5) is 16.1. The fourth-order valence-electron chi connectivity index (χ4n) is 3.16. The lowest BCUT2D eigenvalue weighted by atomic mass is 10.1. The Morgan fingerprint density at radius 3 is 2.31 bits per heavy atom. The molecule has 3 aromatic rings. The maximum Gasteiger partial charge on any atom is 0.322 e. The fourth-order valence-corrected chi connectivity index (χ4v) is 3.29. The normalized spacial score (nSPS) is 14.0. The molecule has 148 valence electrons. The van der Waals surface area contributed by atoms with Crippen molar-refractivity contribution in [3.8, 4) is 11.3 Å². The summed E-state index contributed by atoms with van der Waals surface area (Å²) in [6, 6.07) is 17.1. The predicted octanol–water partition coefficient (Wildman–Crippen LogP) is 4.29. The molecule has 0 spiro atoms. The fraction of sp³-hybridized carbons (Fsp3) is 0.190. The van der Waals surface area contributed by atoms with Crippen LogP contribution in [0.2, 0.25) is 5.02 Å². The van der Waals surface area contributed by atoms with Crippen molar-refractivity contribution in [1.82, 2.24) is 15.1 Å². The molecule has 4 rings (SSSR count). The van der Waals surface area contributed by atoms with Crippen LogP contribution in [0.15, 0.2) is 60.7 Å². The molecule has 0 radical (unpaired) electrons. The van der Waals surface area contributed by atoms with Crippen LogP contribution in [0, 0.1) is 5.82 Å². The number of benzene rings is 2. The van der Waals surface area contributed by atoms with Gasteiger partial charge in [-0.15, -0.1) is 10.2 Å². The Labute approximate surface area is 172 Å². The quantitative estimate of drug-likeness (QED) is 0.698. The second-order valence-corrected chi connectivity index (χ2v) is 7.10. The zero-order valence-corrected chi connectivity index (χ0v) is 16.3. The average Bonchev–Trinajstić information content (AvgIpc) is 2.76. The standard InChI is InChI=1S/C21H19ClFN5O/c22-16-7-5-15(6-8-16)18-9-10-20(26-25-18)27-11-13-28(14-12-27)21(29)24-19-4-2-1-3-17(19)23/h1-10H,11-14H2,(H,24,29). The molecule has 1 aliphatic heterocycles. The first-order valence-electron chi connectivity index (χ1n) is 9.25. The number of anilines is 2. The molecule has 29 heavy (non-hydrogen) atoms. The third kappa shape index (κ3) is 4.46. The first-order valence-corrected chi connectivity index (χ1v) is 9.63. The molecule has 2 amide bonds. The van der Waals surface area contributed by atoms with Crippen LogP contribution in [0.1, 0.15) is 0 Å². The van der Waals surface area contributed by atoms with Gasteiger partial charge in [0.25, 0.3) is 0 Å². The number of carbonyl (C=O) groups excluding carboxylic acids is 1. The minimum absolute atomic E-state index is 0.184. The number of carbonyl (C=O) groups is 1. The Kier molecular flexibility index (Phi) is 5.57. The third-order valence-electron chi connectivity index (χ3n) is 4.80. The summed E-state index contributed by atoms with van der Waals surface area (Å²) in [6.45, 7) is 2.28. The number of nitrogens with one attached hydrogen (secondary N) is 1. The number of piperazine rings is 1. The molecule has 0 bridgehead atoms. The lowest BCUT2D eigenvalue weighted by Crippen LogP contribution is -2.50. The molecule has 1 aliphatic rings. The summed E-state index contributed by atoms with van der Waals surface area (Å²) >= 11 is 5.92. The van der Waals surface area contributed by atoms with Gasteiger partial charge in [-0.1, -0.05) is 35.9 Å². The van der Waals surface area contributed by atoms with E-state index < -0.39 is 5.82 Å². The number of rotatable bonds is 3. The second kappa shape index (κ2) is 8.45. The summed E-state index contributed by atoms with van der Waals surface area (Å²) in [7, 11) is 0. The van der Waals surface area contributed by atoms with E-state index in [2.05, 4.69) is 20.4 Å². The minimum Gasteiger partial charge on any atom is -0.352 e. The van der Waals surface area contributed by atoms with E-state index in [-0.39, 0.29) is 11.7 Å². The van der Waals surface area contributed by atoms with Crippen LogP contribution >= 0.6 is 11.6 Å². The summed E-state index contributed by atoms with van der Waals surface area (Å²) in [5.74, 6) is 0.312. The number of halogens is 2. The molecule has 1 aromatic heterocycles. The Morgan fingerprint density at radius 1 is 0.931 bits per heavy atom. The summed E-state index contributed by atoms with van der Waals surface area (Å²) in [5, 5.41) is 11.9. The maximum atomic E-state index is 13.7. The van der Waals surface area contributed by atoms with Gasteiger partial charge in [0, 0.05) is 36.8 Å². The zero-order chi connectivity index (χ0) is 20.2. The van der Waals surface area contributed by atoms with Crippen LogP contribution in [-0.4, -0.2) is 47.3 Å². The van der Waals surface area contributed by atoms with Gasteiger partial charge in [-0.2, -0.15) is 0 Å². The van der Waals surface area contributed by atoms with E-state index in [0.717, 1.165) is 17.1 Å². The first kappa shape index (κ1) is 19.1. The van der Waals surface area contributed by atoms with Crippen LogP contribution in [0.3, 0.4) is 0 Å². The Bertz CT molecular complexity index is 989. The van der Waals surface area contributed by atoms with E-state index in [0.29, 0.717) is 31.2 Å². The van der Waals surface area contributed by atoms with Crippen molar-refractivity contribution in [1.29, 1.82) is 0 Å². The largest absolute Gasteiger partial charge is 0.352 e. The van der Waals surface area contributed by atoms with Gasteiger partial charge in [0.05, 0.1) is 11.4 Å². The minimum atomic E-state index is -0.449. The van der Waals surface area contributed by atoms with Crippen LogP contribution in [-0.2, 0) is 0 Å². The van der Waals surface area contributed by atoms with E-state index in [1.165, 1.54) is 6.07 Å². The molecule has 0 saturated carbocycles. The predicted molar refractivity (Wildman–Crippen MR) is 112 cm³/mol. The number of urea groups is 1. The van der Waals surface area contributed by atoms with E-state index in [4.69, 9.17) is 11.6 Å². The van der Waals surface area contributed by atoms with Gasteiger partial charge >= 0.3 is 6.03 Å². The number of hydrogen-bond donors (Lipinski definition) is 1. The van der Waals surface area contributed by atoms with E-state index in [1.54, 1.807) is 23.1 Å². The number of nitrogens with zero attached hydrogens (tertiary/aromatic N) is 4. The molecule has 1 saturated heterocycles. The van der Waals surface area contributed by atoms with Crippen molar-refractivity contribution in [2.24, 2.45) is 0 Å². The highest BCUT2D eigenvalue weighted by Crippen LogP contribution is 2.21. The number of amides is 2. The van der Waals surface area contributed by atoms with Gasteiger partial charge in [0.2, 0.25) is 0 Å². The van der Waals surface area contributed by atoms with Crippen molar-refractivity contribution < 1.29 is 9.18 Å². The van der Waals surface area contributed by atoms with Crippen LogP contribution in [0.25, 0.3) is 11.3 Å². The molecular formula is C21H19ClFN5O. The molecule has 2 aromatic carbocycles. The van der Waals surface area contributed by atoms with Crippen molar-refractivity contribution >= 4 is 29.1 Å². The molecule has 6 nitrogen and oxygen atoms in total. The molecular weight excluding hydrogens is 393 g/mol. The number of aromatic nitrogens is 2. The average molecular weight is 412 g/mol. The molecule has 2 heterocycles. The molecule has 8 heteroatoms. The van der Waals surface area contributed by atoms with Crippen LogP contribution in [0.4, 0.5) is 20.7 Å². The van der Waals surface area contributed by atoms with Gasteiger partial charge in [0.15, 0.2) is 5.82 Å². The summed E-state index contributed by atoms with van der Waals surface area (Å²) in [6.07, 6.45) is 0. The van der Waals surface area contributed by atoms with Gasteiger partial charge in [-0.25, -0.2) is 9.18 Å². The highest BCUT2D eigenvalue weighted by Gasteiger charge is 2.22. The number of hydrogen-bond acceptors (Lipinski definition) is 4. The molecule has 1 N–H and O–H groups in total. The monoisotopic (exact) mass is 411 g/mol. The van der Waals surface area contributed by atoms with E-state index >= 15 is 0 Å². The van der Waals surface area contributed by atoms with E-state index in [9.17, 15) is 9.18 Å². The van der Waals surface area contributed by atoms with Gasteiger partial charge in [0.1, 0.15) is 5.82 Å². The van der Waals surface area contributed by atoms with Crippen molar-refractivity contribution in [3.63, 3.8) is 0 Å². The number of para-hydroxylation sites is 1. The summed E-state index contributed by atoms with van der Waals surface area (Å²) in [5.41, 5.74) is 1.90. The smallest absolute Gasteiger partial charge is 0.322 e. The topological polar surface area (TPSA) is 61.4 Å². The van der Waals surface area contributed by atoms with Crippen LogP contribution in [0.5, 0.6) is 0 Å². The first-order chi connectivity index (χ1) is 14.1. The van der Waals surface area contributed by atoms with E-state index in [1.807, 2.05) is 36.4 Å². The van der Waals surface area contributed by atoms with Crippen LogP contribution < -0.4 is 10.2 Å². The highest BCUT2D eigenvalue weighted by atomic mass is 35.5. The zero-order valence-electron chi connectivity index (χ0n) is 15.6. The summed E-state index contributed by atoms with van der Waals surface area (Å²) < 4.78 is 13.7. The second-order valence-electron chi connectivity index (χ2n) is 6.67. The van der Waals surface area contributed by atoms with Gasteiger partial charge < -0.3 is 15.1 Å². The van der Waals surface area contributed by atoms with Gasteiger partial charge in [-0.05, 0) is 36.4 Å². The van der Waals surface area contributed by atoms with Crippen molar-refractivity contribution in [2.45, 2.75) is 0 Å². The Morgan fingerprint density at radius 2 is 1.66 bits per heavy atom. The highest BCUT2D eigenvalue weighted by molar-refractivity contribution is 6.30. The lowest BCUT2D eigenvalue weighted by Gasteiger charge is -2.35. The Hall–Kier alpha value is -3.19. The molecule has 1 fully saturated rings.